The van der Waals surface area contributed by atoms with Crippen LogP contribution in [0.4, 0.5) is 0 Å². The van der Waals surface area contributed by atoms with Crippen molar-refractivity contribution >= 4 is 5.71 Å². The Hall–Kier alpha value is -3.54. The summed E-state index contributed by atoms with van der Waals surface area (Å²) in [5.41, 5.74) is 7.23. The second kappa shape index (κ2) is 11.9. The average Bonchev–Trinajstić information content (AvgIpc) is 2.83. The molecule has 0 fully saturated rings. The molecule has 0 saturated heterocycles. The molecule has 0 aromatic carbocycles. The molecule has 0 aliphatic heterocycles. The van der Waals surface area contributed by atoms with Gasteiger partial charge in [-0.25, -0.2) is 0 Å². The number of oxime groups is 1. The normalized spacial score (nSPS) is 11.3. The summed E-state index contributed by atoms with van der Waals surface area (Å²) in [5, 5.41) is 4.20. The van der Waals surface area contributed by atoms with Gasteiger partial charge in [-0.05, 0) is 64.3 Å². The van der Waals surface area contributed by atoms with Gasteiger partial charge >= 0.3 is 0 Å². The molecule has 3 rings (SSSR count). The third kappa shape index (κ3) is 6.72. The van der Waals surface area contributed by atoms with Gasteiger partial charge in [-0.15, -0.1) is 0 Å². The Balaban J connectivity index is 1.64. The van der Waals surface area contributed by atoms with Crippen LogP contribution in [0, 0.1) is 13.8 Å². The first-order valence-electron chi connectivity index (χ1n) is 11.3. The number of hydrogen-bond acceptors (Lipinski definition) is 6. The van der Waals surface area contributed by atoms with Crippen molar-refractivity contribution in [2.75, 3.05) is 13.2 Å². The zero-order chi connectivity index (χ0) is 23.6. The van der Waals surface area contributed by atoms with Crippen molar-refractivity contribution in [3.63, 3.8) is 0 Å². The highest BCUT2D eigenvalue weighted by atomic mass is 16.6. The third-order valence-corrected chi connectivity index (χ3v) is 5.18. The van der Waals surface area contributed by atoms with E-state index in [9.17, 15) is 0 Å². The van der Waals surface area contributed by atoms with Gasteiger partial charge in [-0.3, -0.25) is 15.0 Å². The zero-order valence-corrected chi connectivity index (χ0v) is 20.0. The Labute approximate surface area is 196 Å². The number of hydrogen-bond donors (Lipinski definition) is 0. The van der Waals surface area contributed by atoms with Gasteiger partial charge in [-0.2, -0.15) is 0 Å². The van der Waals surface area contributed by atoms with Gasteiger partial charge in [0.2, 0.25) is 0 Å². The van der Waals surface area contributed by atoms with E-state index >= 15 is 0 Å². The SMILES string of the molecule is C=CCOc1cc(CC)nc(-c2cccc(CCCO/N=C(\C)c3cccc(C)n3)n2)c1C. The molecule has 6 nitrogen and oxygen atoms in total. The van der Waals surface area contributed by atoms with Crippen LogP contribution < -0.4 is 4.74 Å². The van der Waals surface area contributed by atoms with Crippen LogP contribution in [0.1, 0.15) is 48.6 Å². The fourth-order valence-corrected chi connectivity index (χ4v) is 3.37. The van der Waals surface area contributed by atoms with E-state index in [1.807, 2.05) is 63.2 Å². The Morgan fingerprint density at radius 2 is 1.88 bits per heavy atom. The van der Waals surface area contributed by atoms with Gasteiger partial charge in [0, 0.05) is 28.7 Å². The molecule has 3 heterocycles. The van der Waals surface area contributed by atoms with Gasteiger partial charge in [0.05, 0.1) is 17.1 Å². The standard InChI is InChI=1S/C27H32N4O2/c1-6-16-32-26-18-22(7-2)30-27(20(26)4)25-15-9-12-23(29-25)13-10-17-33-31-21(5)24-14-8-11-19(3)28-24/h6,8-9,11-12,14-15,18H,1,7,10,13,16-17H2,2-5H3/b31-21+. The fraction of sp³-hybridized carbons (Fsp3) is 0.333. The number of pyridine rings is 3. The van der Waals surface area contributed by atoms with E-state index in [1.54, 1.807) is 6.08 Å². The highest BCUT2D eigenvalue weighted by Gasteiger charge is 2.13. The van der Waals surface area contributed by atoms with Crippen molar-refractivity contribution in [3.8, 4) is 17.1 Å². The minimum absolute atomic E-state index is 0.461. The Kier molecular flexibility index (Phi) is 8.70. The quantitative estimate of drug-likeness (QED) is 0.165. The minimum Gasteiger partial charge on any atom is -0.489 e. The van der Waals surface area contributed by atoms with Crippen molar-refractivity contribution in [1.82, 2.24) is 15.0 Å². The summed E-state index contributed by atoms with van der Waals surface area (Å²) >= 11 is 0. The third-order valence-electron chi connectivity index (χ3n) is 5.18. The van der Waals surface area contributed by atoms with E-state index in [0.29, 0.717) is 13.2 Å². The predicted molar refractivity (Wildman–Crippen MR) is 133 cm³/mol. The minimum atomic E-state index is 0.461. The smallest absolute Gasteiger partial charge is 0.126 e. The highest BCUT2D eigenvalue weighted by molar-refractivity contribution is 5.96. The molecule has 0 saturated carbocycles. The van der Waals surface area contributed by atoms with Gasteiger partial charge in [0.25, 0.3) is 0 Å². The second-order valence-corrected chi connectivity index (χ2v) is 7.83. The molecule has 0 aliphatic rings. The summed E-state index contributed by atoms with van der Waals surface area (Å²) in [4.78, 5) is 19.6. The van der Waals surface area contributed by atoms with Crippen molar-refractivity contribution < 1.29 is 9.57 Å². The number of nitrogens with zero attached hydrogens (tertiary/aromatic N) is 4. The Morgan fingerprint density at radius 1 is 1.06 bits per heavy atom. The summed E-state index contributed by atoms with van der Waals surface area (Å²) < 4.78 is 5.85. The monoisotopic (exact) mass is 444 g/mol. The van der Waals surface area contributed by atoms with Crippen LogP contribution in [0.25, 0.3) is 11.4 Å². The maximum atomic E-state index is 5.85. The molecule has 3 aromatic heterocycles. The van der Waals surface area contributed by atoms with Gasteiger partial charge in [0.1, 0.15) is 24.7 Å². The van der Waals surface area contributed by atoms with E-state index in [0.717, 1.165) is 70.5 Å². The molecule has 0 aliphatic carbocycles. The molecule has 33 heavy (non-hydrogen) atoms. The first-order valence-corrected chi connectivity index (χ1v) is 11.3. The van der Waals surface area contributed by atoms with Gasteiger partial charge in [0.15, 0.2) is 0 Å². The van der Waals surface area contributed by atoms with Crippen molar-refractivity contribution in [2.45, 2.75) is 47.0 Å². The largest absolute Gasteiger partial charge is 0.489 e. The molecule has 3 aromatic rings. The van der Waals surface area contributed by atoms with Crippen LogP contribution in [-0.4, -0.2) is 33.9 Å². The molecule has 0 N–H and O–H groups in total. The lowest BCUT2D eigenvalue weighted by molar-refractivity contribution is 0.141. The van der Waals surface area contributed by atoms with Crippen LogP contribution in [0.5, 0.6) is 5.75 Å². The second-order valence-electron chi connectivity index (χ2n) is 7.83. The van der Waals surface area contributed by atoms with Crippen molar-refractivity contribution in [2.24, 2.45) is 5.16 Å². The van der Waals surface area contributed by atoms with E-state index in [1.165, 1.54) is 0 Å². The van der Waals surface area contributed by atoms with Crippen molar-refractivity contribution in [3.05, 3.63) is 83.5 Å². The van der Waals surface area contributed by atoms with Gasteiger partial charge < -0.3 is 9.57 Å². The first-order chi connectivity index (χ1) is 16.0. The fourth-order valence-electron chi connectivity index (χ4n) is 3.37. The van der Waals surface area contributed by atoms with E-state index in [2.05, 4.69) is 23.6 Å². The summed E-state index contributed by atoms with van der Waals surface area (Å²) in [6, 6.07) is 13.9. The average molecular weight is 445 g/mol. The molecule has 172 valence electrons. The van der Waals surface area contributed by atoms with Crippen LogP contribution in [0.2, 0.25) is 0 Å². The Bertz CT molecular complexity index is 1120. The molecule has 0 unspecified atom stereocenters. The highest BCUT2D eigenvalue weighted by Crippen LogP contribution is 2.29. The first kappa shape index (κ1) is 24.1. The van der Waals surface area contributed by atoms with E-state index in [-0.39, 0.29) is 0 Å². The zero-order valence-electron chi connectivity index (χ0n) is 20.0. The molecular formula is C27H32N4O2. The molecule has 0 spiro atoms. The van der Waals surface area contributed by atoms with Crippen LogP contribution in [0.15, 0.2) is 60.3 Å². The van der Waals surface area contributed by atoms with E-state index in [4.69, 9.17) is 19.5 Å². The predicted octanol–water partition coefficient (Wildman–Crippen LogP) is 5.66. The number of aromatic nitrogens is 3. The van der Waals surface area contributed by atoms with Crippen LogP contribution >= 0.6 is 0 Å². The molecule has 6 heteroatoms. The number of rotatable bonds is 11. The van der Waals surface area contributed by atoms with Crippen molar-refractivity contribution in [1.29, 1.82) is 0 Å². The maximum absolute atomic E-state index is 5.85. The Morgan fingerprint density at radius 3 is 2.64 bits per heavy atom. The lowest BCUT2D eigenvalue weighted by atomic mass is 10.1. The van der Waals surface area contributed by atoms with Crippen LogP contribution in [-0.2, 0) is 17.7 Å². The maximum Gasteiger partial charge on any atom is 0.126 e. The molecular weight excluding hydrogens is 412 g/mol. The molecule has 0 radical (unpaired) electrons. The lowest BCUT2D eigenvalue weighted by Crippen LogP contribution is -2.03. The van der Waals surface area contributed by atoms with E-state index < -0.39 is 0 Å². The number of aryl methyl sites for hydroxylation is 3. The summed E-state index contributed by atoms with van der Waals surface area (Å²) in [7, 11) is 0. The number of ether oxygens (including phenoxy) is 1. The lowest BCUT2D eigenvalue weighted by Gasteiger charge is -2.14. The molecule has 0 bridgehead atoms. The summed E-state index contributed by atoms with van der Waals surface area (Å²) in [6.45, 7) is 12.7. The molecule has 0 amide bonds. The summed E-state index contributed by atoms with van der Waals surface area (Å²) in [5.74, 6) is 0.827. The van der Waals surface area contributed by atoms with Gasteiger partial charge in [-0.1, -0.05) is 36.9 Å². The molecule has 0 atom stereocenters. The topological polar surface area (TPSA) is 69.5 Å². The summed E-state index contributed by atoms with van der Waals surface area (Å²) in [6.07, 6.45) is 4.17. The van der Waals surface area contributed by atoms with Crippen LogP contribution in [0.3, 0.4) is 0 Å².